The summed E-state index contributed by atoms with van der Waals surface area (Å²) in [7, 11) is 0. The van der Waals surface area contributed by atoms with Gasteiger partial charge in [-0.1, -0.05) is 19.9 Å². The van der Waals surface area contributed by atoms with Gasteiger partial charge >= 0.3 is 0 Å². The summed E-state index contributed by atoms with van der Waals surface area (Å²) >= 11 is 0. The molecule has 2 aliphatic rings. The van der Waals surface area contributed by atoms with Gasteiger partial charge in [0, 0.05) is 6.42 Å². The van der Waals surface area contributed by atoms with E-state index in [0.29, 0.717) is 5.92 Å². The number of hydrogen-bond acceptors (Lipinski definition) is 2. The fourth-order valence-corrected chi connectivity index (χ4v) is 2.60. The Morgan fingerprint density at radius 1 is 1.46 bits per heavy atom. The van der Waals surface area contributed by atoms with Crippen molar-refractivity contribution < 1.29 is 9.84 Å². The Morgan fingerprint density at radius 3 is 2.85 bits per heavy atom. The van der Waals surface area contributed by atoms with Gasteiger partial charge in [0.2, 0.25) is 0 Å². The molecule has 0 aromatic carbocycles. The molecule has 2 bridgehead atoms. The zero-order chi connectivity index (χ0) is 9.64. The van der Waals surface area contributed by atoms with Crippen LogP contribution in [0.2, 0.25) is 0 Å². The molecule has 1 saturated heterocycles. The van der Waals surface area contributed by atoms with E-state index in [9.17, 15) is 5.11 Å². The molecule has 13 heavy (non-hydrogen) atoms. The lowest BCUT2D eigenvalue weighted by atomic mass is 9.67. The zero-order valence-electron chi connectivity index (χ0n) is 8.58. The largest absolute Gasteiger partial charge is 0.368 e. The van der Waals surface area contributed by atoms with E-state index in [2.05, 4.69) is 26.8 Å². The van der Waals surface area contributed by atoms with Gasteiger partial charge in [-0.05, 0) is 30.3 Å². The second-order valence-electron chi connectivity index (χ2n) is 4.96. The molecule has 0 spiro atoms. The SMILES string of the molecule is CC1=CC(C)(C)C2CC(O)OC1C2. The molecule has 2 nitrogen and oxygen atoms in total. The smallest absolute Gasteiger partial charge is 0.155 e. The van der Waals surface area contributed by atoms with Crippen molar-refractivity contribution in [2.45, 2.75) is 46.0 Å². The van der Waals surface area contributed by atoms with E-state index in [1.807, 2.05) is 0 Å². The van der Waals surface area contributed by atoms with Crippen molar-refractivity contribution in [1.29, 1.82) is 0 Å². The minimum Gasteiger partial charge on any atom is -0.368 e. The molecule has 3 unspecified atom stereocenters. The molecule has 0 amide bonds. The average Bonchev–Trinajstić information content (AvgIpc) is 2.00. The summed E-state index contributed by atoms with van der Waals surface area (Å²) in [6, 6.07) is 0. The first-order valence-corrected chi connectivity index (χ1v) is 5.02. The van der Waals surface area contributed by atoms with Gasteiger partial charge < -0.3 is 9.84 Å². The molecule has 0 saturated carbocycles. The highest BCUT2D eigenvalue weighted by Gasteiger charge is 2.40. The topological polar surface area (TPSA) is 29.5 Å². The van der Waals surface area contributed by atoms with Crippen LogP contribution in [0.1, 0.15) is 33.6 Å². The van der Waals surface area contributed by atoms with Gasteiger partial charge in [-0.2, -0.15) is 0 Å². The zero-order valence-corrected chi connectivity index (χ0v) is 8.58. The third-order valence-corrected chi connectivity index (χ3v) is 3.47. The lowest BCUT2D eigenvalue weighted by Gasteiger charge is -2.45. The molecule has 2 rings (SSSR count). The molecule has 1 N–H and O–H groups in total. The van der Waals surface area contributed by atoms with Crippen LogP contribution in [-0.2, 0) is 4.74 Å². The van der Waals surface area contributed by atoms with Gasteiger partial charge in [0.05, 0.1) is 6.10 Å². The molecule has 3 atom stereocenters. The van der Waals surface area contributed by atoms with E-state index >= 15 is 0 Å². The molecule has 1 heterocycles. The number of allylic oxidation sites excluding steroid dienone is 1. The predicted octanol–water partition coefficient (Wildman–Crippen LogP) is 2.09. The summed E-state index contributed by atoms with van der Waals surface area (Å²) in [4.78, 5) is 0. The van der Waals surface area contributed by atoms with Crippen LogP contribution in [0.4, 0.5) is 0 Å². The normalized spacial score (nSPS) is 42.8. The Labute approximate surface area is 79.6 Å². The standard InChI is InChI=1S/C11H18O2/c1-7-6-11(2,3)8-4-9(7)13-10(12)5-8/h6,8-10,12H,4-5H2,1-3H3. The fourth-order valence-electron chi connectivity index (χ4n) is 2.60. The van der Waals surface area contributed by atoms with Crippen LogP contribution in [0, 0.1) is 11.3 Å². The lowest BCUT2D eigenvalue weighted by molar-refractivity contribution is -0.180. The molecule has 0 aromatic heterocycles. The maximum absolute atomic E-state index is 9.52. The summed E-state index contributed by atoms with van der Waals surface area (Å²) in [5.74, 6) is 0.574. The number of fused-ring (bicyclic) bond motifs is 2. The molecule has 1 aliphatic heterocycles. The van der Waals surface area contributed by atoms with Crippen molar-refractivity contribution in [2.24, 2.45) is 11.3 Å². The Morgan fingerprint density at radius 2 is 2.15 bits per heavy atom. The van der Waals surface area contributed by atoms with Crippen LogP contribution < -0.4 is 0 Å². The third kappa shape index (κ3) is 1.53. The number of aliphatic hydroxyl groups is 1. The molecule has 1 aliphatic carbocycles. The van der Waals surface area contributed by atoms with E-state index in [0.717, 1.165) is 12.8 Å². The highest BCUT2D eigenvalue weighted by atomic mass is 16.6. The Hall–Kier alpha value is -0.340. The fraction of sp³-hybridized carbons (Fsp3) is 0.818. The van der Waals surface area contributed by atoms with Crippen LogP contribution in [0.15, 0.2) is 11.6 Å². The van der Waals surface area contributed by atoms with Crippen molar-refractivity contribution in [3.8, 4) is 0 Å². The van der Waals surface area contributed by atoms with E-state index in [-0.39, 0.29) is 11.5 Å². The number of aliphatic hydroxyl groups excluding tert-OH is 1. The van der Waals surface area contributed by atoms with Crippen molar-refractivity contribution >= 4 is 0 Å². The Bertz CT molecular complexity index is 242. The molecule has 1 fully saturated rings. The highest BCUT2D eigenvalue weighted by molar-refractivity contribution is 5.18. The maximum Gasteiger partial charge on any atom is 0.155 e. The quantitative estimate of drug-likeness (QED) is 0.581. The van der Waals surface area contributed by atoms with Gasteiger partial charge in [-0.3, -0.25) is 0 Å². The molecule has 0 aromatic rings. The number of ether oxygens (including phenoxy) is 1. The van der Waals surface area contributed by atoms with Crippen molar-refractivity contribution in [3.63, 3.8) is 0 Å². The summed E-state index contributed by atoms with van der Waals surface area (Å²) in [6.45, 7) is 6.59. The van der Waals surface area contributed by atoms with E-state index in [1.165, 1.54) is 5.57 Å². The van der Waals surface area contributed by atoms with Crippen LogP contribution in [-0.4, -0.2) is 17.5 Å². The van der Waals surface area contributed by atoms with Crippen LogP contribution in [0.5, 0.6) is 0 Å². The van der Waals surface area contributed by atoms with E-state index in [4.69, 9.17) is 4.74 Å². The Balaban J connectivity index is 2.30. The van der Waals surface area contributed by atoms with Crippen LogP contribution in [0.25, 0.3) is 0 Å². The van der Waals surface area contributed by atoms with E-state index in [1.54, 1.807) is 0 Å². The minimum atomic E-state index is -0.549. The molecule has 2 heteroatoms. The first kappa shape index (κ1) is 9.22. The first-order valence-electron chi connectivity index (χ1n) is 5.02. The van der Waals surface area contributed by atoms with Crippen LogP contribution >= 0.6 is 0 Å². The van der Waals surface area contributed by atoms with Gasteiger partial charge in [0.25, 0.3) is 0 Å². The van der Waals surface area contributed by atoms with Crippen molar-refractivity contribution in [2.75, 3.05) is 0 Å². The minimum absolute atomic E-state index is 0.168. The van der Waals surface area contributed by atoms with Gasteiger partial charge in [-0.15, -0.1) is 0 Å². The van der Waals surface area contributed by atoms with E-state index < -0.39 is 6.29 Å². The van der Waals surface area contributed by atoms with Gasteiger partial charge in [0.15, 0.2) is 6.29 Å². The molecular formula is C11H18O2. The van der Waals surface area contributed by atoms with Gasteiger partial charge in [-0.25, -0.2) is 0 Å². The first-order chi connectivity index (χ1) is 5.99. The Kier molecular flexibility index (Phi) is 2.00. The van der Waals surface area contributed by atoms with Gasteiger partial charge in [0.1, 0.15) is 0 Å². The molecular weight excluding hydrogens is 164 g/mol. The number of hydrogen-bond donors (Lipinski definition) is 1. The maximum atomic E-state index is 9.52. The average molecular weight is 182 g/mol. The second kappa shape index (κ2) is 2.82. The summed E-state index contributed by atoms with van der Waals surface area (Å²) in [5.41, 5.74) is 1.51. The summed E-state index contributed by atoms with van der Waals surface area (Å²) < 4.78 is 5.45. The monoisotopic (exact) mass is 182 g/mol. The van der Waals surface area contributed by atoms with Crippen LogP contribution in [0.3, 0.4) is 0 Å². The highest BCUT2D eigenvalue weighted by Crippen LogP contribution is 2.45. The third-order valence-electron chi connectivity index (χ3n) is 3.47. The predicted molar refractivity (Wildman–Crippen MR) is 51.1 cm³/mol. The second-order valence-corrected chi connectivity index (χ2v) is 4.96. The van der Waals surface area contributed by atoms with Crippen molar-refractivity contribution in [1.82, 2.24) is 0 Å². The van der Waals surface area contributed by atoms with Crippen molar-refractivity contribution in [3.05, 3.63) is 11.6 Å². The lowest BCUT2D eigenvalue weighted by Crippen LogP contribution is -2.42. The number of rotatable bonds is 0. The summed E-state index contributed by atoms with van der Waals surface area (Å²) in [5, 5.41) is 9.52. The molecule has 0 radical (unpaired) electrons. The molecule has 74 valence electrons. The summed E-state index contributed by atoms with van der Waals surface area (Å²) in [6.07, 6.45) is 3.78.